The van der Waals surface area contributed by atoms with Crippen molar-refractivity contribution in [1.29, 1.82) is 0 Å². The van der Waals surface area contributed by atoms with Gasteiger partial charge < -0.3 is 38.5 Å². The summed E-state index contributed by atoms with van der Waals surface area (Å²) in [5.74, 6) is -2.18. The number of nitrogens with one attached hydrogen (secondary N) is 1. The molecule has 6 atom stereocenters. The van der Waals surface area contributed by atoms with Gasteiger partial charge in [0.2, 0.25) is 0 Å². The summed E-state index contributed by atoms with van der Waals surface area (Å²) in [6, 6.07) is 8.39. The van der Waals surface area contributed by atoms with Crippen molar-refractivity contribution >= 4 is 12.1 Å². The highest BCUT2D eigenvalue weighted by Crippen LogP contribution is 2.42. The Hall–Kier alpha value is -2.24. The summed E-state index contributed by atoms with van der Waals surface area (Å²) in [4.78, 5) is 25.9. The molecule has 10 nitrogen and oxygen atoms in total. The minimum atomic E-state index is -0.916. The topological polar surface area (TPSA) is 111 Å². The van der Waals surface area contributed by atoms with Crippen molar-refractivity contribution in [3.05, 3.63) is 35.9 Å². The molecule has 1 N–H and O–H groups in total. The lowest BCUT2D eigenvalue weighted by atomic mass is 10.0. The van der Waals surface area contributed by atoms with Crippen LogP contribution in [0.2, 0.25) is 0 Å². The maximum Gasteiger partial charge on any atom is 0.408 e. The summed E-state index contributed by atoms with van der Waals surface area (Å²) >= 11 is 0. The molecule has 1 aromatic rings. The molecule has 0 spiro atoms. The van der Waals surface area contributed by atoms with Gasteiger partial charge in [0.25, 0.3) is 0 Å². The third-order valence-electron chi connectivity index (χ3n) is 6.17. The quantitative estimate of drug-likeness (QED) is 0.530. The molecule has 3 aliphatic rings. The van der Waals surface area contributed by atoms with Crippen LogP contribution in [0.5, 0.6) is 0 Å². The van der Waals surface area contributed by atoms with Gasteiger partial charge in [0.05, 0.1) is 6.61 Å². The molecule has 4 rings (SSSR count). The minimum absolute atomic E-state index is 0.0908. The Morgan fingerprint density at radius 3 is 2.39 bits per heavy atom. The van der Waals surface area contributed by atoms with E-state index in [1.165, 1.54) is 0 Å². The second-order valence-corrected chi connectivity index (χ2v) is 10.7. The maximum absolute atomic E-state index is 13.4. The van der Waals surface area contributed by atoms with Crippen LogP contribution in [0.25, 0.3) is 0 Å². The summed E-state index contributed by atoms with van der Waals surface area (Å²) in [6.07, 6.45) is -3.66. The number of hydrogen-bond donors (Lipinski definition) is 1. The molecule has 3 aliphatic heterocycles. The standard InChI is InChI=1S/C26H37NO9/c1-15(2)12-17(27-24(29)30-13-16-10-8-7-9-11-16)22(28)32-20-19(18-14-31-25(3,4)34-18)33-23-21(20)35-26(5,6)36-23/h7-11,15,17-21,23H,12-14H2,1-6H3,(H,27,29)/t17-,18-,19+,20-,21-,23+/m0/s1. The Balaban J connectivity index is 1.44. The van der Waals surface area contributed by atoms with E-state index in [1.54, 1.807) is 13.8 Å². The van der Waals surface area contributed by atoms with Crippen molar-refractivity contribution in [3.8, 4) is 0 Å². The van der Waals surface area contributed by atoms with Crippen molar-refractivity contribution in [1.82, 2.24) is 5.32 Å². The van der Waals surface area contributed by atoms with Gasteiger partial charge >= 0.3 is 12.1 Å². The van der Waals surface area contributed by atoms with Crippen LogP contribution in [0.4, 0.5) is 4.79 Å². The largest absolute Gasteiger partial charge is 0.455 e. The van der Waals surface area contributed by atoms with Crippen molar-refractivity contribution in [2.75, 3.05) is 6.61 Å². The van der Waals surface area contributed by atoms with Crippen LogP contribution in [0.1, 0.15) is 53.5 Å². The highest BCUT2D eigenvalue weighted by Gasteiger charge is 2.60. The number of carbonyl (C=O) groups excluding carboxylic acids is 2. The first-order chi connectivity index (χ1) is 16.9. The number of ether oxygens (including phenoxy) is 7. The van der Waals surface area contributed by atoms with Crippen LogP contribution >= 0.6 is 0 Å². The van der Waals surface area contributed by atoms with Crippen molar-refractivity contribution in [2.24, 2.45) is 5.92 Å². The molecule has 0 unspecified atom stereocenters. The molecular weight excluding hydrogens is 470 g/mol. The molecule has 0 aromatic heterocycles. The lowest BCUT2D eigenvalue weighted by Gasteiger charge is -2.30. The van der Waals surface area contributed by atoms with Gasteiger partial charge in [-0.3, -0.25) is 0 Å². The summed E-state index contributed by atoms with van der Waals surface area (Å²) < 4.78 is 41.0. The zero-order valence-electron chi connectivity index (χ0n) is 21.7. The van der Waals surface area contributed by atoms with E-state index in [1.807, 2.05) is 58.0 Å². The fourth-order valence-electron chi connectivity index (χ4n) is 4.62. The molecule has 0 radical (unpaired) electrons. The monoisotopic (exact) mass is 507 g/mol. The molecule has 0 bridgehead atoms. The van der Waals surface area contributed by atoms with Crippen LogP contribution < -0.4 is 5.32 Å². The lowest BCUT2D eigenvalue weighted by Crippen LogP contribution is -2.49. The van der Waals surface area contributed by atoms with Gasteiger partial charge in [-0.1, -0.05) is 44.2 Å². The van der Waals surface area contributed by atoms with Gasteiger partial charge in [0, 0.05) is 0 Å². The molecule has 0 saturated carbocycles. The number of alkyl carbamates (subject to hydrolysis) is 1. The van der Waals surface area contributed by atoms with Gasteiger partial charge in [-0.15, -0.1) is 0 Å². The van der Waals surface area contributed by atoms with E-state index in [2.05, 4.69) is 5.32 Å². The predicted octanol–water partition coefficient (Wildman–Crippen LogP) is 3.27. The highest BCUT2D eigenvalue weighted by atomic mass is 16.8. The molecule has 0 aliphatic carbocycles. The number of fused-ring (bicyclic) bond motifs is 1. The Kier molecular flexibility index (Phi) is 7.92. The van der Waals surface area contributed by atoms with E-state index in [9.17, 15) is 9.59 Å². The van der Waals surface area contributed by atoms with E-state index in [4.69, 9.17) is 33.2 Å². The second-order valence-electron chi connectivity index (χ2n) is 10.7. The summed E-state index contributed by atoms with van der Waals surface area (Å²) in [7, 11) is 0. The molecule has 3 heterocycles. The SMILES string of the molecule is CC(C)C[C@H](NC(=O)OCc1ccccc1)C(=O)O[C@@H]1[C@@H]2OC(C)(C)O[C@H]2O[C@@H]1[C@@H]1COC(C)(C)O1. The molecule has 3 saturated heterocycles. The zero-order chi connectivity index (χ0) is 26.1. The van der Waals surface area contributed by atoms with E-state index < -0.39 is 60.4 Å². The van der Waals surface area contributed by atoms with Crippen LogP contribution in [-0.4, -0.2) is 67.0 Å². The number of hydrogen-bond acceptors (Lipinski definition) is 9. The minimum Gasteiger partial charge on any atom is -0.455 e. The lowest BCUT2D eigenvalue weighted by molar-refractivity contribution is -0.235. The van der Waals surface area contributed by atoms with E-state index in [0.29, 0.717) is 6.42 Å². The Bertz CT molecular complexity index is 919. The third kappa shape index (κ3) is 6.54. The zero-order valence-corrected chi connectivity index (χ0v) is 21.7. The molecule has 10 heteroatoms. The number of esters is 1. The van der Waals surface area contributed by atoms with E-state index in [-0.39, 0.29) is 19.1 Å². The maximum atomic E-state index is 13.4. The first kappa shape index (κ1) is 26.8. The molecule has 1 aromatic carbocycles. The fraction of sp³-hybridized carbons (Fsp3) is 0.692. The molecule has 3 fully saturated rings. The third-order valence-corrected chi connectivity index (χ3v) is 6.17. The second kappa shape index (κ2) is 10.6. The van der Waals surface area contributed by atoms with Crippen molar-refractivity contribution < 1.29 is 42.7 Å². The Labute approximate surface area is 211 Å². The molecule has 36 heavy (non-hydrogen) atoms. The van der Waals surface area contributed by atoms with Crippen LogP contribution in [0.3, 0.4) is 0 Å². The molecule has 1 amide bonds. The molecule has 200 valence electrons. The number of rotatable bonds is 8. The normalized spacial score (nSPS) is 31.1. The average molecular weight is 508 g/mol. The predicted molar refractivity (Wildman–Crippen MR) is 126 cm³/mol. The van der Waals surface area contributed by atoms with E-state index >= 15 is 0 Å². The van der Waals surface area contributed by atoms with Crippen LogP contribution in [0.15, 0.2) is 30.3 Å². The van der Waals surface area contributed by atoms with Gasteiger partial charge in [0.1, 0.15) is 24.9 Å². The van der Waals surface area contributed by atoms with Gasteiger partial charge in [-0.25, -0.2) is 9.59 Å². The summed E-state index contributed by atoms with van der Waals surface area (Å²) in [6.45, 7) is 11.4. The van der Waals surface area contributed by atoms with Crippen LogP contribution in [-0.2, 0) is 44.6 Å². The summed E-state index contributed by atoms with van der Waals surface area (Å²) in [5, 5.41) is 2.66. The van der Waals surface area contributed by atoms with Gasteiger partial charge in [-0.05, 0) is 45.6 Å². The first-order valence-electron chi connectivity index (χ1n) is 12.4. The first-order valence-corrected chi connectivity index (χ1v) is 12.4. The smallest absolute Gasteiger partial charge is 0.408 e. The average Bonchev–Trinajstić information content (AvgIpc) is 3.41. The number of carbonyl (C=O) groups is 2. The van der Waals surface area contributed by atoms with Crippen LogP contribution in [0, 0.1) is 5.92 Å². The van der Waals surface area contributed by atoms with Gasteiger partial charge in [0.15, 0.2) is 30.1 Å². The fourth-order valence-corrected chi connectivity index (χ4v) is 4.62. The van der Waals surface area contributed by atoms with Crippen molar-refractivity contribution in [3.63, 3.8) is 0 Å². The molecular formula is C26H37NO9. The Morgan fingerprint density at radius 1 is 1.03 bits per heavy atom. The number of benzene rings is 1. The summed E-state index contributed by atoms with van der Waals surface area (Å²) in [5.41, 5.74) is 0.843. The van der Waals surface area contributed by atoms with Crippen molar-refractivity contribution in [2.45, 2.75) is 103 Å². The van der Waals surface area contributed by atoms with E-state index in [0.717, 1.165) is 5.56 Å². The Morgan fingerprint density at radius 2 is 1.75 bits per heavy atom. The number of amides is 1. The highest BCUT2D eigenvalue weighted by molar-refractivity contribution is 5.81. The van der Waals surface area contributed by atoms with Gasteiger partial charge in [-0.2, -0.15) is 0 Å².